The number of pyridine rings is 1. The highest BCUT2D eigenvalue weighted by Crippen LogP contribution is 2.30. The molecule has 0 spiro atoms. The lowest BCUT2D eigenvalue weighted by Gasteiger charge is -2.38. The lowest BCUT2D eigenvalue weighted by molar-refractivity contribution is 0.179. The average molecular weight is 408 g/mol. The minimum Gasteiger partial charge on any atom is -0.347 e. The van der Waals surface area contributed by atoms with E-state index in [0.29, 0.717) is 12.1 Å². The van der Waals surface area contributed by atoms with Crippen LogP contribution < -0.4 is 10.2 Å². The Morgan fingerprint density at radius 1 is 0.966 bits per heavy atom. The third-order valence-corrected chi connectivity index (χ3v) is 7.24. The fourth-order valence-electron chi connectivity index (χ4n) is 4.59. The van der Waals surface area contributed by atoms with Gasteiger partial charge in [-0.05, 0) is 49.9 Å². The minimum absolute atomic E-state index is 0.572. The highest BCUT2D eigenvalue weighted by atomic mass is 32.1. The van der Waals surface area contributed by atoms with Crippen LogP contribution in [0.25, 0.3) is 10.2 Å². The summed E-state index contributed by atoms with van der Waals surface area (Å²) in [6.07, 6.45) is 6.86. The van der Waals surface area contributed by atoms with E-state index in [1.165, 1.54) is 41.2 Å². The number of benzene rings is 1. The summed E-state index contributed by atoms with van der Waals surface area (Å²) in [5, 5.41) is 5.15. The normalized spacial score (nSPS) is 21.7. The first-order valence-electron chi connectivity index (χ1n) is 10.8. The number of rotatable bonds is 5. The van der Waals surface area contributed by atoms with Crippen LogP contribution in [0.2, 0.25) is 0 Å². The van der Waals surface area contributed by atoms with Gasteiger partial charge in [-0.1, -0.05) is 29.5 Å². The third-order valence-electron chi connectivity index (χ3n) is 6.15. The van der Waals surface area contributed by atoms with Crippen molar-refractivity contribution in [1.29, 1.82) is 0 Å². The second kappa shape index (κ2) is 8.78. The number of hydrogen-bond donors (Lipinski definition) is 1. The van der Waals surface area contributed by atoms with Gasteiger partial charge in [0.1, 0.15) is 0 Å². The molecule has 2 saturated heterocycles. The van der Waals surface area contributed by atoms with Crippen molar-refractivity contribution < 1.29 is 0 Å². The number of aromatic nitrogens is 2. The largest absolute Gasteiger partial charge is 0.347 e. The van der Waals surface area contributed by atoms with Gasteiger partial charge in [0.05, 0.1) is 15.9 Å². The molecule has 2 aromatic heterocycles. The summed E-state index contributed by atoms with van der Waals surface area (Å²) >= 11 is 1.83. The number of likely N-dealkylation sites (tertiary alicyclic amines) is 1. The number of para-hydroxylation sites is 1. The van der Waals surface area contributed by atoms with E-state index in [4.69, 9.17) is 4.98 Å². The van der Waals surface area contributed by atoms with Crippen LogP contribution in [0.5, 0.6) is 0 Å². The molecule has 0 unspecified atom stereocenters. The first-order valence-corrected chi connectivity index (χ1v) is 11.6. The number of fused-ring (bicyclic) bond motifs is 1. The Hall–Kier alpha value is -2.02. The van der Waals surface area contributed by atoms with E-state index in [1.807, 2.05) is 23.6 Å². The molecule has 0 aliphatic carbocycles. The molecule has 1 atom stereocenters. The van der Waals surface area contributed by atoms with Crippen molar-refractivity contribution in [2.45, 2.75) is 44.3 Å². The Morgan fingerprint density at radius 3 is 2.66 bits per heavy atom. The van der Waals surface area contributed by atoms with Crippen LogP contribution in [0, 0.1) is 0 Å². The van der Waals surface area contributed by atoms with Crippen molar-refractivity contribution in [3.05, 3.63) is 54.4 Å². The van der Waals surface area contributed by atoms with Gasteiger partial charge in [-0.2, -0.15) is 0 Å². The minimum atomic E-state index is 0.572. The van der Waals surface area contributed by atoms with E-state index in [1.54, 1.807) is 0 Å². The van der Waals surface area contributed by atoms with Crippen LogP contribution >= 0.6 is 11.3 Å². The number of anilines is 1. The average Bonchev–Trinajstić information content (AvgIpc) is 3.21. The molecule has 4 heterocycles. The van der Waals surface area contributed by atoms with E-state index >= 15 is 0 Å². The number of piperidine rings is 2. The maximum absolute atomic E-state index is 4.87. The molecule has 1 N–H and O–H groups in total. The highest BCUT2D eigenvalue weighted by molar-refractivity contribution is 7.22. The molecular weight excluding hydrogens is 378 g/mol. The van der Waals surface area contributed by atoms with E-state index in [-0.39, 0.29) is 0 Å². The zero-order valence-corrected chi connectivity index (χ0v) is 17.7. The van der Waals surface area contributed by atoms with E-state index < -0.39 is 0 Å². The van der Waals surface area contributed by atoms with Crippen molar-refractivity contribution >= 4 is 26.7 Å². The highest BCUT2D eigenvalue weighted by Gasteiger charge is 2.26. The number of thiazole rings is 1. The van der Waals surface area contributed by atoms with Crippen molar-refractivity contribution in [2.24, 2.45) is 0 Å². The topological polar surface area (TPSA) is 44.3 Å². The van der Waals surface area contributed by atoms with E-state index in [0.717, 1.165) is 38.2 Å². The van der Waals surface area contributed by atoms with Crippen LogP contribution in [0.15, 0.2) is 48.7 Å². The second-order valence-electron chi connectivity index (χ2n) is 8.29. The predicted octanol–water partition coefficient (Wildman–Crippen LogP) is 3.91. The Morgan fingerprint density at radius 2 is 1.83 bits per heavy atom. The second-order valence-corrected chi connectivity index (χ2v) is 9.30. The lowest BCUT2D eigenvalue weighted by Crippen LogP contribution is -2.52. The molecule has 0 bridgehead atoms. The number of nitrogens with zero attached hydrogens (tertiary/aromatic N) is 4. The summed E-state index contributed by atoms with van der Waals surface area (Å²) in [5.74, 6) is 0. The molecule has 152 valence electrons. The molecular formula is C23H29N5S. The van der Waals surface area contributed by atoms with Gasteiger partial charge >= 0.3 is 0 Å². The first-order chi connectivity index (χ1) is 14.3. The Kier molecular flexibility index (Phi) is 5.74. The molecule has 2 fully saturated rings. The lowest BCUT2D eigenvalue weighted by atomic mass is 10.00. The summed E-state index contributed by atoms with van der Waals surface area (Å²) in [6, 6.07) is 15.9. The van der Waals surface area contributed by atoms with E-state index in [9.17, 15) is 0 Å². The summed E-state index contributed by atoms with van der Waals surface area (Å²) in [5.41, 5.74) is 2.31. The number of hydrogen-bond acceptors (Lipinski definition) is 6. The zero-order chi connectivity index (χ0) is 19.5. The zero-order valence-electron chi connectivity index (χ0n) is 16.8. The molecule has 5 nitrogen and oxygen atoms in total. The maximum Gasteiger partial charge on any atom is 0.186 e. The summed E-state index contributed by atoms with van der Waals surface area (Å²) < 4.78 is 1.29. The Labute approximate surface area is 176 Å². The van der Waals surface area contributed by atoms with Gasteiger partial charge in [0.2, 0.25) is 0 Å². The molecule has 1 aromatic carbocycles. The van der Waals surface area contributed by atoms with Gasteiger partial charge in [0.15, 0.2) is 5.13 Å². The van der Waals surface area contributed by atoms with Gasteiger partial charge in [-0.15, -0.1) is 0 Å². The standard InChI is InChI=1S/C23H29N5S/c1-2-9-22-21(8-1)26-23(29-22)28-13-5-7-20(17-28)25-18-10-14-27(15-11-18)16-19-6-3-4-12-24-19/h1-4,6,8-9,12,18,20,25H,5,7,10-11,13-17H2/t20-/m1/s1. The first kappa shape index (κ1) is 19.0. The van der Waals surface area contributed by atoms with E-state index in [2.05, 4.69) is 56.5 Å². The third kappa shape index (κ3) is 4.60. The molecule has 0 amide bonds. The van der Waals surface area contributed by atoms with Crippen LogP contribution in [-0.2, 0) is 6.54 Å². The molecule has 2 aliphatic heterocycles. The quantitative estimate of drug-likeness (QED) is 0.695. The fourth-order valence-corrected chi connectivity index (χ4v) is 5.59. The van der Waals surface area contributed by atoms with Crippen molar-refractivity contribution in [1.82, 2.24) is 20.2 Å². The Bertz CT molecular complexity index is 886. The summed E-state index contributed by atoms with van der Waals surface area (Å²) in [7, 11) is 0. The Balaban J connectivity index is 1.13. The van der Waals surface area contributed by atoms with Crippen molar-refractivity contribution in [3.8, 4) is 0 Å². The van der Waals surface area contributed by atoms with Crippen LogP contribution in [0.1, 0.15) is 31.4 Å². The molecule has 0 saturated carbocycles. The van der Waals surface area contributed by atoms with Crippen LogP contribution in [-0.4, -0.2) is 53.1 Å². The molecule has 2 aliphatic rings. The molecule has 29 heavy (non-hydrogen) atoms. The van der Waals surface area contributed by atoms with Crippen LogP contribution in [0.3, 0.4) is 0 Å². The fraction of sp³-hybridized carbons (Fsp3) is 0.478. The van der Waals surface area contributed by atoms with Crippen molar-refractivity contribution in [3.63, 3.8) is 0 Å². The van der Waals surface area contributed by atoms with Gasteiger partial charge in [0.25, 0.3) is 0 Å². The SMILES string of the molecule is c1ccc(CN2CCC(N[C@@H]3CCCN(c4nc5ccccc5s4)C3)CC2)nc1. The smallest absolute Gasteiger partial charge is 0.186 e. The molecule has 5 rings (SSSR count). The van der Waals surface area contributed by atoms with Crippen molar-refractivity contribution in [2.75, 3.05) is 31.1 Å². The molecule has 3 aromatic rings. The van der Waals surface area contributed by atoms with Gasteiger partial charge < -0.3 is 10.2 Å². The molecule has 6 heteroatoms. The van der Waals surface area contributed by atoms with Gasteiger partial charge in [0, 0.05) is 51.0 Å². The number of nitrogens with one attached hydrogen (secondary N) is 1. The predicted molar refractivity (Wildman–Crippen MR) is 121 cm³/mol. The van der Waals surface area contributed by atoms with Gasteiger partial charge in [-0.25, -0.2) is 4.98 Å². The summed E-state index contributed by atoms with van der Waals surface area (Å²) in [6.45, 7) is 5.49. The summed E-state index contributed by atoms with van der Waals surface area (Å²) in [4.78, 5) is 14.4. The molecule has 0 radical (unpaired) electrons. The van der Waals surface area contributed by atoms with Gasteiger partial charge in [-0.3, -0.25) is 9.88 Å². The maximum atomic E-state index is 4.87. The van der Waals surface area contributed by atoms with Crippen LogP contribution in [0.4, 0.5) is 5.13 Å². The monoisotopic (exact) mass is 407 g/mol.